The molecule has 0 saturated carbocycles. The van der Waals surface area contributed by atoms with Gasteiger partial charge in [0.1, 0.15) is 0 Å². The summed E-state index contributed by atoms with van der Waals surface area (Å²) in [4.78, 5) is 0. The maximum Gasteiger partial charge on any atom is 0.0613 e. The van der Waals surface area contributed by atoms with Gasteiger partial charge in [-0.1, -0.05) is 27.7 Å². The first-order valence-electron chi connectivity index (χ1n) is 7.03. The first kappa shape index (κ1) is 16.9. The Hall–Kier alpha value is -0.120. The van der Waals surface area contributed by atoms with Crippen molar-refractivity contribution >= 4 is 0 Å². The highest BCUT2D eigenvalue weighted by atomic mass is 16.5. The van der Waals surface area contributed by atoms with Gasteiger partial charge in [0, 0.05) is 18.8 Å². The highest BCUT2D eigenvalue weighted by Crippen LogP contribution is 2.16. The van der Waals surface area contributed by atoms with Crippen molar-refractivity contribution in [3.63, 3.8) is 0 Å². The van der Waals surface area contributed by atoms with Crippen molar-refractivity contribution < 1.29 is 9.84 Å². The molecule has 1 atom stereocenters. The largest absolute Gasteiger partial charge is 0.394 e. The summed E-state index contributed by atoms with van der Waals surface area (Å²) in [6.45, 7) is 11.4. The summed E-state index contributed by atoms with van der Waals surface area (Å²) < 4.78 is 5.60. The molecule has 0 amide bonds. The van der Waals surface area contributed by atoms with Crippen LogP contribution >= 0.6 is 0 Å². The summed E-state index contributed by atoms with van der Waals surface area (Å²) in [5.74, 6) is 0.712. The topological polar surface area (TPSA) is 41.5 Å². The van der Waals surface area contributed by atoms with Gasteiger partial charge in [-0.25, -0.2) is 0 Å². The Morgan fingerprint density at radius 1 is 1.24 bits per heavy atom. The minimum absolute atomic E-state index is 0.101. The molecule has 0 aromatic rings. The van der Waals surface area contributed by atoms with Crippen LogP contribution in [0.25, 0.3) is 0 Å². The van der Waals surface area contributed by atoms with Gasteiger partial charge in [0.15, 0.2) is 0 Å². The molecule has 0 fully saturated rings. The van der Waals surface area contributed by atoms with E-state index >= 15 is 0 Å². The molecule has 17 heavy (non-hydrogen) atoms. The van der Waals surface area contributed by atoms with Crippen molar-refractivity contribution in [3.05, 3.63) is 0 Å². The Morgan fingerprint density at radius 2 is 1.94 bits per heavy atom. The van der Waals surface area contributed by atoms with Crippen molar-refractivity contribution in [2.45, 2.75) is 58.9 Å². The first-order valence-corrected chi connectivity index (χ1v) is 7.03. The molecule has 2 N–H and O–H groups in total. The third kappa shape index (κ3) is 7.74. The molecule has 1 unspecified atom stereocenters. The highest BCUT2D eigenvalue weighted by molar-refractivity contribution is 4.85. The van der Waals surface area contributed by atoms with Gasteiger partial charge in [-0.15, -0.1) is 0 Å². The smallest absolute Gasteiger partial charge is 0.0613 e. The van der Waals surface area contributed by atoms with E-state index in [2.05, 4.69) is 33.0 Å². The Labute approximate surface area is 107 Å². The third-order valence-corrected chi connectivity index (χ3v) is 3.31. The van der Waals surface area contributed by atoms with Gasteiger partial charge in [-0.3, -0.25) is 0 Å². The lowest BCUT2D eigenvalue weighted by Crippen LogP contribution is -2.48. The Kier molecular flexibility index (Phi) is 9.79. The number of aliphatic hydroxyl groups is 1. The summed E-state index contributed by atoms with van der Waals surface area (Å²) in [6.07, 6.45) is 4.09. The van der Waals surface area contributed by atoms with E-state index in [1.165, 1.54) is 0 Å². The standard InChI is InChI=1S/C14H31NO2/c1-5-14(12-16,15-6-2)9-7-10-17-11-8-13(3)4/h13,15-16H,5-12H2,1-4H3. The minimum atomic E-state index is -0.101. The van der Waals surface area contributed by atoms with Gasteiger partial charge >= 0.3 is 0 Å². The lowest BCUT2D eigenvalue weighted by atomic mass is 9.91. The second-order valence-electron chi connectivity index (χ2n) is 5.22. The van der Waals surface area contributed by atoms with Crippen LogP contribution < -0.4 is 5.32 Å². The SMILES string of the molecule is CCNC(CC)(CO)CCCOCCC(C)C. The summed E-state index contributed by atoms with van der Waals surface area (Å²) >= 11 is 0. The van der Waals surface area contributed by atoms with Gasteiger partial charge in [0.25, 0.3) is 0 Å². The van der Waals surface area contributed by atoms with E-state index in [1.807, 2.05) is 0 Å². The third-order valence-electron chi connectivity index (χ3n) is 3.31. The second-order valence-corrected chi connectivity index (χ2v) is 5.22. The molecular weight excluding hydrogens is 214 g/mol. The van der Waals surface area contributed by atoms with Crippen molar-refractivity contribution in [1.82, 2.24) is 5.32 Å². The van der Waals surface area contributed by atoms with Crippen LogP contribution in [-0.2, 0) is 4.74 Å². The highest BCUT2D eigenvalue weighted by Gasteiger charge is 2.25. The fourth-order valence-corrected chi connectivity index (χ4v) is 1.95. The average Bonchev–Trinajstić information content (AvgIpc) is 2.32. The summed E-state index contributed by atoms with van der Waals surface area (Å²) in [5.41, 5.74) is -0.101. The predicted molar refractivity (Wildman–Crippen MR) is 73.3 cm³/mol. The van der Waals surface area contributed by atoms with Crippen LogP contribution in [0.1, 0.15) is 53.4 Å². The molecule has 0 aromatic heterocycles. The molecule has 0 radical (unpaired) electrons. The van der Waals surface area contributed by atoms with E-state index in [0.717, 1.165) is 45.4 Å². The number of likely N-dealkylation sites (N-methyl/N-ethyl adjacent to an activating group) is 1. The van der Waals surface area contributed by atoms with Crippen LogP contribution in [-0.4, -0.2) is 37.0 Å². The van der Waals surface area contributed by atoms with E-state index in [0.29, 0.717) is 5.92 Å². The van der Waals surface area contributed by atoms with Crippen LogP contribution in [0.3, 0.4) is 0 Å². The van der Waals surface area contributed by atoms with Crippen LogP contribution in [0, 0.1) is 5.92 Å². The molecule has 0 rings (SSSR count). The number of ether oxygens (including phenoxy) is 1. The summed E-state index contributed by atoms with van der Waals surface area (Å²) in [7, 11) is 0. The quantitative estimate of drug-likeness (QED) is 0.550. The second kappa shape index (κ2) is 9.86. The van der Waals surface area contributed by atoms with Gasteiger partial charge < -0.3 is 15.2 Å². The van der Waals surface area contributed by atoms with Crippen molar-refractivity contribution in [2.24, 2.45) is 5.92 Å². The molecule has 0 aliphatic rings. The van der Waals surface area contributed by atoms with E-state index in [4.69, 9.17) is 4.74 Å². The molecule has 0 aromatic carbocycles. The molecule has 0 aliphatic heterocycles. The molecule has 3 heteroatoms. The predicted octanol–water partition coefficient (Wildman–Crippen LogP) is 2.58. The molecule has 0 bridgehead atoms. The van der Waals surface area contributed by atoms with Gasteiger partial charge in [0.2, 0.25) is 0 Å². The van der Waals surface area contributed by atoms with Crippen LogP contribution in [0.5, 0.6) is 0 Å². The lowest BCUT2D eigenvalue weighted by Gasteiger charge is -2.31. The molecule has 104 valence electrons. The van der Waals surface area contributed by atoms with Gasteiger partial charge in [-0.05, 0) is 38.1 Å². The number of hydrogen-bond donors (Lipinski definition) is 2. The Balaban J connectivity index is 3.68. The normalized spacial score (nSPS) is 15.2. The summed E-state index contributed by atoms with van der Waals surface area (Å²) in [6, 6.07) is 0. The van der Waals surface area contributed by atoms with Gasteiger partial charge in [0.05, 0.1) is 6.61 Å². The molecule has 0 heterocycles. The number of aliphatic hydroxyl groups excluding tert-OH is 1. The number of hydrogen-bond acceptors (Lipinski definition) is 3. The maximum absolute atomic E-state index is 9.48. The van der Waals surface area contributed by atoms with Crippen molar-refractivity contribution in [2.75, 3.05) is 26.4 Å². The molecule has 0 saturated heterocycles. The fourth-order valence-electron chi connectivity index (χ4n) is 1.95. The molecule has 3 nitrogen and oxygen atoms in total. The maximum atomic E-state index is 9.48. The summed E-state index contributed by atoms with van der Waals surface area (Å²) in [5, 5.41) is 12.9. The monoisotopic (exact) mass is 245 g/mol. The lowest BCUT2D eigenvalue weighted by molar-refractivity contribution is 0.0976. The van der Waals surface area contributed by atoms with Crippen LogP contribution in [0.4, 0.5) is 0 Å². The van der Waals surface area contributed by atoms with E-state index in [9.17, 15) is 5.11 Å². The van der Waals surface area contributed by atoms with E-state index in [1.54, 1.807) is 0 Å². The van der Waals surface area contributed by atoms with Crippen molar-refractivity contribution in [3.8, 4) is 0 Å². The molecule has 0 spiro atoms. The molecular formula is C14H31NO2. The average molecular weight is 245 g/mol. The zero-order valence-corrected chi connectivity index (χ0v) is 12.1. The zero-order valence-electron chi connectivity index (χ0n) is 12.1. The number of rotatable bonds is 11. The zero-order chi connectivity index (χ0) is 13.1. The van der Waals surface area contributed by atoms with Gasteiger partial charge in [-0.2, -0.15) is 0 Å². The van der Waals surface area contributed by atoms with Crippen LogP contribution in [0.15, 0.2) is 0 Å². The Morgan fingerprint density at radius 3 is 2.41 bits per heavy atom. The first-order chi connectivity index (χ1) is 8.10. The molecule has 0 aliphatic carbocycles. The van der Waals surface area contributed by atoms with E-state index in [-0.39, 0.29) is 12.1 Å². The van der Waals surface area contributed by atoms with E-state index < -0.39 is 0 Å². The fraction of sp³-hybridized carbons (Fsp3) is 1.00. The van der Waals surface area contributed by atoms with Crippen molar-refractivity contribution in [1.29, 1.82) is 0 Å². The minimum Gasteiger partial charge on any atom is -0.394 e. The number of nitrogens with one attached hydrogen (secondary N) is 1. The Bertz CT molecular complexity index is 168. The van der Waals surface area contributed by atoms with Crippen LogP contribution in [0.2, 0.25) is 0 Å².